The Balaban J connectivity index is 1.59. The molecule has 9 nitrogen and oxygen atoms in total. The fourth-order valence-corrected chi connectivity index (χ4v) is 3.81. The van der Waals surface area contributed by atoms with Crippen LogP contribution in [0.2, 0.25) is 0 Å². The van der Waals surface area contributed by atoms with Crippen molar-refractivity contribution in [3.63, 3.8) is 0 Å². The summed E-state index contributed by atoms with van der Waals surface area (Å²) in [6.45, 7) is -3.14. The van der Waals surface area contributed by atoms with Crippen LogP contribution in [0.5, 0.6) is 11.5 Å². The molecular formula is C24H23F2N3O6. The van der Waals surface area contributed by atoms with E-state index >= 15 is 0 Å². The van der Waals surface area contributed by atoms with Crippen molar-refractivity contribution in [2.75, 3.05) is 19.5 Å². The number of amides is 1. The van der Waals surface area contributed by atoms with Crippen molar-refractivity contribution >= 4 is 28.5 Å². The monoisotopic (exact) mass is 487 g/mol. The lowest BCUT2D eigenvalue weighted by Gasteiger charge is -2.16. The Labute approximate surface area is 198 Å². The highest BCUT2D eigenvalue weighted by atomic mass is 19.3. The second-order valence-electron chi connectivity index (χ2n) is 7.92. The van der Waals surface area contributed by atoms with Gasteiger partial charge < -0.3 is 19.5 Å². The third kappa shape index (κ3) is 5.23. The van der Waals surface area contributed by atoms with Gasteiger partial charge in [-0.05, 0) is 25.0 Å². The number of carbonyl (C=O) groups is 2. The second-order valence-corrected chi connectivity index (χ2v) is 7.92. The number of esters is 1. The summed E-state index contributed by atoms with van der Waals surface area (Å²) in [7, 11) is 2.37. The molecule has 1 aromatic heterocycles. The maximum absolute atomic E-state index is 13.0. The number of para-hydroxylation sites is 1. The molecular weight excluding hydrogens is 464 g/mol. The molecule has 1 saturated carbocycles. The topological polar surface area (TPSA) is 109 Å². The maximum Gasteiger partial charge on any atom is 0.387 e. The second kappa shape index (κ2) is 10.1. The number of ether oxygens (including phenoxy) is 3. The van der Waals surface area contributed by atoms with Crippen LogP contribution in [0, 0.1) is 0 Å². The number of carbonyl (C=O) groups excluding carboxylic acids is 2. The van der Waals surface area contributed by atoms with Gasteiger partial charge in [0.1, 0.15) is 5.82 Å². The summed E-state index contributed by atoms with van der Waals surface area (Å²) < 4.78 is 41.5. The molecule has 1 fully saturated rings. The highest BCUT2D eigenvalue weighted by Gasteiger charge is 2.28. The highest BCUT2D eigenvalue weighted by Crippen LogP contribution is 2.36. The zero-order chi connectivity index (χ0) is 25.1. The molecule has 0 aliphatic heterocycles. The van der Waals surface area contributed by atoms with Crippen LogP contribution in [0.1, 0.15) is 41.5 Å². The van der Waals surface area contributed by atoms with Crippen LogP contribution < -0.4 is 20.3 Å². The summed E-state index contributed by atoms with van der Waals surface area (Å²) in [5.41, 5.74) is 0.217. The number of hydrogen-bond acceptors (Lipinski definition) is 7. The number of anilines is 1. The molecule has 11 heteroatoms. The van der Waals surface area contributed by atoms with Crippen molar-refractivity contribution in [3.8, 4) is 11.5 Å². The van der Waals surface area contributed by atoms with E-state index in [1.54, 1.807) is 28.8 Å². The first kappa shape index (κ1) is 24.1. The summed E-state index contributed by atoms with van der Waals surface area (Å²) in [6.07, 6.45) is 1.81. The van der Waals surface area contributed by atoms with Gasteiger partial charge in [0.15, 0.2) is 11.5 Å². The van der Waals surface area contributed by atoms with Crippen molar-refractivity contribution in [2.45, 2.75) is 38.3 Å². The van der Waals surface area contributed by atoms with Gasteiger partial charge in [0.2, 0.25) is 5.91 Å². The predicted octanol–water partition coefficient (Wildman–Crippen LogP) is 3.70. The Morgan fingerprint density at radius 3 is 2.57 bits per heavy atom. The molecule has 3 aromatic rings. The molecule has 1 amide bonds. The number of alkyl halides is 2. The number of nitrogens with zero attached hydrogens (tertiary/aromatic N) is 2. The number of hydrogen-bond donors (Lipinski definition) is 1. The van der Waals surface area contributed by atoms with Crippen molar-refractivity contribution in [1.29, 1.82) is 0 Å². The van der Waals surface area contributed by atoms with E-state index in [4.69, 9.17) is 9.47 Å². The van der Waals surface area contributed by atoms with E-state index in [1.165, 1.54) is 7.11 Å². The van der Waals surface area contributed by atoms with E-state index in [2.05, 4.69) is 15.0 Å². The molecule has 0 radical (unpaired) electrons. The normalized spacial score (nSPS) is 13.1. The SMILES string of the molecule is COC(=O)c1cc(OC)c(OC(F)F)cc1NC(=O)CCc1nc2ccccc2c(=O)n1C1CC1. The Kier molecular flexibility index (Phi) is 6.94. The number of rotatable bonds is 9. The van der Waals surface area contributed by atoms with E-state index in [9.17, 15) is 23.2 Å². The van der Waals surface area contributed by atoms with Gasteiger partial charge in [-0.2, -0.15) is 8.78 Å². The Hall–Kier alpha value is -4.02. The maximum atomic E-state index is 13.0. The van der Waals surface area contributed by atoms with Crippen LogP contribution in [0.3, 0.4) is 0 Å². The number of methoxy groups -OCH3 is 2. The molecule has 0 bridgehead atoms. The first-order valence-electron chi connectivity index (χ1n) is 10.9. The number of aryl methyl sites for hydroxylation is 1. The molecule has 184 valence electrons. The zero-order valence-electron chi connectivity index (χ0n) is 19.0. The minimum atomic E-state index is -3.14. The average molecular weight is 487 g/mol. The van der Waals surface area contributed by atoms with Crippen LogP contribution in [-0.4, -0.2) is 42.3 Å². The van der Waals surface area contributed by atoms with Gasteiger partial charge in [-0.3, -0.25) is 14.2 Å². The van der Waals surface area contributed by atoms with E-state index in [1.807, 2.05) is 0 Å². The predicted molar refractivity (Wildman–Crippen MR) is 122 cm³/mol. The van der Waals surface area contributed by atoms with Crippen molar-refractivity contribution in [3.05, 3.63) is 58.1 Å². The molecule has 35 heavy (non-hydrogen) atoms. The molecule has 0 spiro atoms. The Bertz CT molecular complexity index is 1340. The third-order valence-corrected chi connectivity index (χ3v) is 5.57. The number of aromatic nitrogens is 2. The minimum absolute atomic E-state index is 0.0548. The van der Waals surface area contributed by atoms with Gasteiger partial charge in [0.05, 0.1) is 36.4 Å². The van der Waals surface area contributed by atoms with Gasteiger partial charge in [0.25, 0.3) is 5.56 Å². The Morgan fingerprint density at radius 1 is 1.17 bits per heavy atom. The fraction of sp³-hybridized carbons (Fsp3) is 0.333. The van der Waals surface area contributed by atoms with Crippen LogP contribution in [0.4, 0.5) is 14.5 Å². The molecule has 1 heterocycles. The minimum Gasteiger partial charge on any atom is -0.493 e. The van der Waals surface area contributed by atoms with Crippen LogP contribution in [-0.2, 0) is 16.0 Å². The number of halogens is 2. The first-order chi connectivity index (χ1) is 16.8. The molecule has 4 rings (SSSR count). The lowest BCUT2D eigenvalue weighted by molar-refractivity contribution is -0.116. The fourth-order valence-electron chi connectivity index (χ4n) is 3.81. The van der Waals surface area contributed by atoms with E-state index in [0.29, 0.717) is 16.7 Å². The summed E-state index contributed by atoms with van der Waals surface area (Å²) in [4.78, 5) is 42.6. The lowest BCUT2D eigenvalue weighted by atomic mass is 10.1. The third-order valence-electron chi connectivity index (χ3n) is 5.57. The quantitative estimate of drug-likeness (QED) is 0.459. The Morgan fingerprint density at radius 2 is 1.91 bits per heavy atom. The van der Waals surface area contributed by atoms with Crippen LogP contribution in [0.25, 0.3) is 10.9 Å². The summed E-state index contributed by atoms with van der Waals surface area (Å²) in [5, 5.41) is 3.06. The van der Waals surface area contributed by atoms with E-state index < -0.39 is 18.5 Å². The van der Waals surface area contributed by atoms with Gasteiger partial charge in [-0.15, -0.1) is 0 Å². The van der Waals surface area contributed by atoms with Gasteiger partial charge in [-0.25, -0.2) is 9.78 Å². The number of nitrogens with one attached hydrogen (secondary N) is 1. The molecule has 0 unspecified atom stereocenters. The summed E-state index contributed by atoms with van der Waals surface area (Å²) in [5.74, 6) is -1.33. The molecule has 1 N–H and O–H groups in total. The highest BCUT2D eigenvalue weighted by molar-refractivity contribution is 6.02. The van der Waals surface area contributed by atoms with Crippen LogP contribution in [0.15, 0.2) is 41.2 Å². The molecule has 1 aliphatic carbocycles. The molecule has 0 saturated heterocycles. The van der Waals surface area contributed by atoms with E-state index in [0.717, 1.165) is 32.1 Å². The van der Waals surface area contributed by atoms with Crippen molar-refractivity contribution in [2.24, 2.45) is 0 Å². The van der Waals surface area contributed by atoms with Gasteiger partial charge in [0, 0.05) is 31.0 Å². The van der Waals surface area contributed by atoms with Crippen molar-refractivity contribution in [1.82, 2.24) is 9.55 Å². The molecule has 2 aromatic carbocycles. The standard InChI is InChI=1S/C24H23F2N3O6/c1-33-18-11-15(23(32)34-2)17(12-19(18)35-24(25)26)28-21(30)10-9-20-27-16-6-4-3-5-14(16)22(31)29(20)13-7-8-13/h3-6,11-13,24H,7-10H2,1-2H3,(H,28,30). The first-order valence-corrected chi connectivity index (χ1v) is 10.9. The van der Waals surface area contributed by atoms with Crippen LogP contribution >= 0.6 is 0 Å². The van der Waals surface area contributed by atoms with Crippen molar-refractivity contribution < 1.29 is 32.6 Å². The smallest absolute Gasteiger partial charge is 0.387 e. The van der Waals surface area contributed by atoms with Gasteiger partial charge in [-0.1, -0.05) is 12.1 Å². The average Bonchev–Trinajstić information content (AvgIpc) is 3.67. The largest absolute Gasteiger partial charge is 0.493 e. The lowest BCUT2D eigenvalue weighted by Crippen LogP contribution is -2.25. The molecule has 0 atom stereocenters. The molecule has 1 aliphatic rings. The van der Waals surface area contributed by atoms with Gasteiger partial charge >= 0.3 is 12.6 Å². The summed E-state index contributed by atoms with van der Waals surface area (Å²) >= 11 is 0. The van der Waals surface area contributed by atoms with E-state index in [-0.39, 0.29) is 47.2 Å². The summed E-state index contributed by atoms with van der Waals surface area (Å²) in [6, 6.07) is 9.29. The number of fused-ring (bicyclic) bond motifs is 1. The zero-order valence-corrected chi connectivity index (χ0v) is 19.0. The number of benzene rings is 2.